The first kappa shape index (κ1) is 16.8. The van der Waals surface area contributed by atoms with Crippen LogP contribution < -0.4 is 5.32 Å². The number of carbonyl (C=O) groups is 3. The highest BCUT2D eigenvalue weighted by atomic mass is 32.1. The zero-order valence-electron chi connectivity index (χ0n) is 12.5. The van der Waals surface area contributed by atoms with Crippen LogP contribution >= 0.6 is 11.3 Å². The summed E-state index contributed by atoms with van der Waals surface area (Å²) in [4.78, 5) is 38.7. The largest absolute Gasteiger partial charge is 0.464 e. The Hall–Kier alpha value is -2.54. The molecule has 23 heavy (non-hydrogen) atoms. The van der Waals surface area contributed by atoms with Crippen molar-refractivity contribution in [2.75, 3.05) is 7.11 Å². The number of rotatable bonds is 7. The SMILES string of the molecule is COC(=O)c1ncc(C(=O)N[C@H](C=O)CCc2ccccc2)s1. The Morgan fingerprint density at radius 2 is 2.09 bits per heavy atom. The molecule has 0 saturated carbocycles. The zero-order valence-corrected chi connectivity index (χ0v) is 13.3. The molecular weight excluding hydrogens is 316 g/mol. The van der Waals surface area contributed by atoms with Gasteiger partial charge in [0.2, 0.25) is 5.01 Å². The number of benzene rings is 1. The maximum absolute atomic E-state index is 12.1. The molecule has 120 valence electrons. The lowest BCUT2D eigenvalue weighted by Gasteiger charge is -2.11. The van der Waals surface area contributed by atoms with E-state index >= 15 is 0 Å². The first-order valence-corrected chi connectivity index (χ1v) is 7.80. The van der Waals surface area contributed by atoms with Crippen molar-refractivity contribution in [3.8, 4) is 0 Å². The number of hydrogen-bond acceptors (Lipinski definition) is 6. The Morgan fingerprint density at radius 1 is 1.35 bits per heavy atom. The van der Waals surface area contributed by atoms with E-state index in [1.54, 1.807) is 0 Å². The number of esters is 1. The number of nitrogens with one attached hydrogen (secondary N) is 1. The summed E-state index contributed by atoms with van der Waals surface area (Å²) in [6.45, 7) is 0. The summed E-state index contributed by atoms with van der Waals surface area (Å²) in [7, 11) is 1.25. The number of aldehydes is 1. The Bertz CT molecular complexity index is 684. The quantitative estimate of drug-likeness (QED) is 0.618. The number of aryl methyl sites for hydroxylation is 1. The van der Waals surface area contributed by atoms with E-state index in [0.29, 0.717) is 19.1 Å². The van der Waals surface area contributed by atoms with Crippen molar-refractivity contribution in [3.05, 3.63) is 52.0 Å². The molecule has 0 aliphatic carbocycles. The fourth-order valence-corrected chi connectivity index (χ4v) is 2.68. The van der Waals surface area contributed by atoms with Crippen LogP contribution in [0.15, 0.2) is 36.5 Å². The minimum absolute atomic E-state index is 0.101. The normalized spacial score (nSPS) is 11.5. The van der Waals surface area contributed by atoms with Crippen LogP contribution in [0.3, 0.4) is 0 Å². The zero-order chi connectivity index (χ0) is 16.7. The predicted molar refractivity (Wildman–Crippen MR) is 85.5 cm³/mol. The minimum atomic E-state index is -0.593. The number of nitrogens with zero attached hydrogens (tertiary/aromatic N) is 1. The lowest BCUT2D eigenvalue weighted by Crippen LogP contribution is -2.36. The number of ether oxygens (including phenoxy) is 1. The highest BCUT2D eigenvalue weighted by Crippen LogP contribution is 2.14. The molecule has 1 N–H and O–H groups in total. The molecule has 0 spiro atoms. The fourth-order valence-electron chi connectivity index (χ4n) is 1.94. The molecular formula is C16H16N2O4S. The first-order chi connectivity index (χ1) is 11.1. The van der Waals surface area contributed by atoms with E-state index in [2.05, 4.69) is 15.0 Å². The summed E-state index contributed by atoms with van der Waals surface area (Å²) in [5.41, 5.74) is 1.10. The fraction of sp³-hybridized carbons (Fsp3) is 0.250. The van der Waals surface area contributed by atoms with E-state index in [9.17, 15) is 14.4 Å². The summed E-state index contributed by atoms with van der Waals surface area (Å²) >= 11 is 0.927. The second-order valence-corrected chi connectivity index (χ2v) is 5.79. The van der Waals surface area contributed by atoms with Gasteiger partial charge in [-0.1, -0.05) is 30.3 Å². The third-order valence-corrected chi connectivity index (χ3v) is 4.13. The van der Waals surface area contributed by atoms with Gasteiger partial charge in [0.05, 0.1) is 19.3 Å². The molecule has 2 rings (SSSR count). The van der Waals surface area contributed by atoms with Crippen molar-refractivity contribution in [2.45, 2.75) is 18.9 Å². The predicted octanol–water partition coefficient (Wildman–Crippen LogP) is 1.86. The van der Waals surface area contributed by atoms with E-state index in [1.807, 2.05) is 30.3 Å². The summed E-state index contributed by atoms with van der Waals surface area (Å²) < 4.78 is 4.54. The van der Waals surface area contributed by atoms with Crippen LogP contribution in [0, 0.1) is 0 Å². The van der Waals surface area contributed by atoms with E-state index in [0.717, 1.165) is 16.9 Å². The molecule has 0 aliphatic heterocycles. The van der Waals surface area contributed by atoms with Gasteiger partial charge in [0.25, 0.3) is 5.91 Å². The van der Waals surface area contributed by atoms with E-state index < -0.39 is 17.9 Å². The second-order valence-electron chi connectivity index (χ2n) is 4.76. The lowest BCUT2D eigenvalue weighted by molar-refractivity contribution is -0.109. The van der Waals surface area contributed by atoms with Crippen LogP contribution in [-0.4, -0.2) is 36.3 Å². The third kappa shape index (κ3) is 4.72. The molecule has 2 aromatic rings. The van der Waals surface area contributed by atoms with Crippen molar-refractivity contribution in [2.24, 2.45) is 0 Å². The van der Waals surface area contributed by atoms with Gasteiger partial charge >= 0.3 is 5.97 Å². The van der Waals surface area contributed by atoms with Gasteiger partial charge in [0, 0.05) is 0 Å². The number of methoxy groups -OCH3 is 1. The number of aromatic nitrogens is 1. The molecule has 1 heterocycles. The van der Waals surface area contributed by atoms with Gasteiger partial charge in [-0.15, -0.1) is 11.3 Å². The molecule has 0 radical (unpaired) electrons. The number of carbonyl (C=O) groups excluding carboxylic acids is 3. The average Bonchev–Trinajstić information content (AvgIpc) is 3.08. The topological polar surface area (TPSA) is 85.4 Å². The Kier molecular flexibility index (Phi) is 5.99. The average molecular weight is 332 g/mol. The summed E-state index contributed by atoms with van der Waals surface area (Å²) in [5.74, 6) is -1.02. The monoisotopic (exact) mass is 332 g/mol. The van der Waals surface area contributed by atoms with Crippen LogP contribution in [0.4, 0.5) is 0 Å². The van der Waals surface area contributed by atoms with Gasteiger partial charge in [-0.25, -0.2) is 9.78 Å². The summed E-state index contributed by atoms with van der Waals surface area (Å²) in [6, 6.07) is 9.12. The standard InChI is InChI=1S/C16H16N2O4S/c1-22-16(21)15-17-9-13(23-15)14(20)18-12(10-19)8-7-11-5-3-2-4-6-11/h2-6,9-10,12H,7-8H2,1H3,(H,18,20)/t12-/m0/s1. The molecule has 6 nitrogen and oxygen atoms in total. The molecule has 0 aliphatic rings. The van der Waals surface area contributed by atoms with Crippen molar-refractivity contribution in [1.82, 2.24) is 10.3 Å². The minimum Gasteiger partial charge on any atom is -0.464 e. The highest BCUT2D eigenvalue weighted by molar-refractivity contribution is 7.15. The van der Waals surface area contributed by atoms with E-state index in [-0.39, 0.29) is 9.88 Å². The Balaban J connectivity index is 1.93. The Morgan fingerprint density at radius 3 is 2.74 bits per heavy atom. The van der Waals surface area contributed by atoms with Gasteiger partial charge in [-0.2, -0.15) is 0 Å². The van der Waals surface area contributed by atoms with Crippen LogP contribution in [0.5, 0.6) is 0 Å². The van der Waals surface area contributed by atoms with Gasteiger partial charge in [0.1, 0.15) is 11.2 Å². The molecule has 1 atom stereocenters. The van der Waals surface area contributed by atoms with Crippen LogP contribution in [0.2, 0.25) is 0 Å². The number of thiazole rings is 1. The molecule has 0 bridgehead atoms. The highest BCUT2D eigenvalue weighted by Gasteiger charge is 2.18. The molecule has 7 heteroatoms. The second kappa shape index (κ2) is 8.19. The van der Waals surface area contributed by atoms with Gasteiger partial charge < -0.3 is 14.8 Å². The molecule has 1 aromatic carbocycles. The van der Waals surface area contributed by atoms with E-state index in [1.165, 1.54) is 13.3 Å². The van der Waals surface area contributed by atoms with Gasteiger partial charge in [-0.3, -0.25) is 4.79 Å². The first-order valence-electron chi connectivity index (χ1n) is 6.98. The summed E-state index contributed by atoms with van der Waals surface area (Å²) in [6.07, 6.45) is 3.19. The van der Waals surface area contributed by atoms with Crippen molar-refractivity contribution < 1.29 is 19.1 Å². The molecule has 0 fully saturated rings. The number of hydrogen-bond donors (Lipinski definition) is 1. The maximum atomic E-state index is 12.1. The van der Waals surface area contributed by atoms with Crippen molar-refractivity contribution in [1.29, 1.82) is 0 Å². The van der Waals surface area contributed by atoms with Crippen molar-refractivity contribution >= 4 is 29.5 Å². The maximum Gasteiger partial charge on any atom is 0.367 e. The summed E-state index contributed by atoms with van der Waals surface area (Å²) in [5, 5.41) is 2.74. The smallest absolute Gasteiger partial charge is 0.367 e. The number of amides is 1. The van der Waals surface area contributed by atoms with Gasteiger partial charge in [0.15, 0.2) is 0 Å². The molecule has 1 aromatic heterocycles. The van der Waals surface area contributed by atoms with Crippen LogP contribution in [0.1, 0.15) is 31.5 Å². The Labute approximate surface area is 137 Å². The van der Waals surface area contributed by atoms with Gasteiger partial charge in [-0.05, 0) is 18.4 Å². The molecule has 0 unspecified atom stereocenters. The van der Waals surface area contributed by atoms with Crippen molar-refractivity contribution in [3.63, 3.8) is 0 Å². The lowest BCUT2D eigenvalue weighted by atomic mass is 10.1. The third-order valence-electron chi connectivity index (χ3n) is 3.16. The molecule has 1 amide bonds. The van der Waals surface area contributed by atoms with Crippen LogP contribution in [0.25, 0.3) is 0 Å². The van der Waals surface area contributed by atoms with E-state index in [4.69, 9.17) is 0 Å². The van der Waals surface area contributed by atoms with Crippen LogP contribution in [-0.2, 0) is 16.0 Å². The molecule has 0 saturated heterocycles.